The lowest BCUT2D eigenvalue weighted by Crippen LogP contribution is -2.40. The number of aromatic nitrogens is 1. The van der Waals surface area contributed by atoms with E-state index in [-0.39, 0.29) is 17.7 Å². The molecule has 26 heavy (non-hydrogen) atoms. The van der Waals surface area contributed by atoms with Crippen LogP contribution in [0, 0.1) is 5.92 Å². The van der Waals surface area contributed by atoms with E-state index >= 15 is 0 Å². The van der Waals surface area contributed by atoms with Crippen LogP contribution >= 0.6 is 11.6 Å². The number of benzene rings is 1. The molecule has 2 aromatic rings. The molecule has 2 aliphatic rings. The van der Waals surface area contributed by atoms with Crippen molar-refractivity contribution in [2.45, 2.75) is 19.4 Å². The van der Waals surface area contributed by atoms with Crippen LogP contribution in [0.15, 0.2) is 18.2 Å². The van der Waals surface area contributed by atoms with Gasteiger partial charge in [0, 0.05) is 73.3 Å². The molecule has 0 radical (unpaired) electrons. The molecule has 0 saturated carbocycles. The monoisotopic (exact) mass is 375 g/mol. The zero-order valence-corrected chi connectivity index (χ0v) is 15.5. The molecular formula is C19H22ClN3O3. The predicted octanol–water partition coefficient (Wildman–Crippen LogP) is 2.20. The lowest BCUT2D eigenvalue weighted by atomic mass is 10.0. The van der Waals surface area contributed by atoms with Crippen molar-refractivity contribution in [3.05, 3.63) is 34.5 Å². The van der Waals surface area contributed by atoms with Gasteiger partial charge in [-0.3, -0.25) is 9.59 Å². The van der Waals surface area contributed by atoms with Crippen LogP contribution in [0.1, 0.15) is 17.7 Å². The molecule has 1 N–H and O–H groups in total. The van der Waals surface area contributed by atoms with Crippen LogP contribution in [0.4, 0.5) is 0 Å². The highest BCUT2D eigenvalue weighted by Gasteiger charge is 2.37. The Morgan fingerprint density at radius 1 is 1.42 bits per heavy atom. The first-order valence-electron chi connectivity index (χ1n) is 8.91. The Balaban J connectivity index is 1.50. The van der Waals surface area contributed by atoms with Crippen molar-refractivity contribution < 1.29 is 14.3 Å². The van der Waals surface area contributed by atoms with Crippen molar-refractivity contribution in [1.82, 2.24) is 14.8 Å². The van der Waals surface area contributed by atoms with Gasteiger partial charge >= 0.3 is 0 Å². The fourth-order valence-corrected chi connectivity index (χ4v) is 4.16. The van der Waals surface area contributed by atoms with Crippen LogP contribution in [-0.4, -0.2) is 59.9 Å². The number of carbonyl (C=O) groups is 2. The van der Waals surface area contributed by atoms with Crippen molar-refractivity contribution in [2.24, 2.45) is 5.92 Å². The van der Waals surface area contributed by atoms with E-state index in [4.69, 9.17) is 16.3 Å². The summed E-state index contributed by atoms with van der Waals surface area (Å²) in [6.45, 7) is 2.77. The molecule has 2 aliphatic heterocycles. The Bertz CT molecular complexity index is 863. The van der Waals surface area contributed by atoms with Crippen molar-refractivity contribution in [2.75, 3.05) is 33.4 Å². The molecule has 4 rings (SSSR count). The summed E-state index contributed by atoms with van der Waals surface area (Å²) in [5.74, 6) is -0.146. The fourth-order valence-electron chi connectivity index (χ4n) is 3.99. The third kappa shape index (κ3) is 3.08. The van der Waals surface area contributed by atoms with Crippen LogP contribution in [0.2, 0.25) is 5.02 Å². The number of hydrogen-bond donors (Lipinski definition) is 1. The van der Waals surface area contributed by atoms with Gasteiger partial charge in [0.2, 0.25) is 11.8 Å². The Morgan fingerprint density at radius 2 is 2.27 bits per heavy atom. The Morgan fingerprint density at radius 3 is 3.08 bits per heavy atom. The molecule has 0 bridgehead atoms. The number of aromatic amines is 1. The molecule has 1 saturated heterocycles. The number of halogens is 1. The predicted molar refractivity (Wildman–Crippen MR) is 99.0 cm³/mol. The van der Waals surface area contributed by atoms with Crippen LogP contribution in [0.3, 0.4) is 0 Å². The SMILES string of the molecule is COCCN1CC(C(=O)N2CCc3[nH]c4ccc(Cl)cc4c3C2)CC1=O. The topological polar surface area (TPSA) is 65.6 Å². The van der Waals surface area contributed by atoms with Gasteiger partial charge in [0.05, 0.1) is 12.5 Å². The summed E-state index contributed by atoms with van der Waals surface area (Å²) < 4.78 is 5.04. The highest BCUT2D eigenvalue weighted by molar-refractivity contribution is 6.31. The van der Waals surface area contributed by atoms with E-state index in [0.29, 0.717) is 44.2 Å². The van der Waals surface area contributed by atoms with Gasteiger partial charge in [-0.05, 0) is 18.2 Å². The van der Waals surface area contributed by atoms with Crippen molar-refractivity contribution in [1.29, 1.82) is 0 Å². The molecule has 1 fully saturated rings. The van der Waals surface area contributed by atoms with Gasteiger partial charge in [-0.2, -0.15) is 0 Å². The second kappa shape index (κ2) is 6.93. The number of carbonyl (C=O) groups excluding carboxylic acids is 2. The number of nitrogens with one attached hydrogen (secondary N) is 1. The highest BCUT2D eigenvalue weighted by Crippen LogP contribution is 2.31. The summed E-state index contributed by atoms with van der Waals surface area (Å²) in [7, 11) is 1.61. The highest BCUT2D eigenvalue weighted by atomic mass is 35.5. The van der Waals surface area contributed by atoms with Gasteiger partial charge in [0.25, 0.3) is 0 Å². The fraction of sp³-hybridized carbons (Fsp3) is 0.474. The van der Waals surface area contributed by atoms with Crippen LogP contribution < -0.4 is 0 Å². The van der Waals surface area contributed by atoms with E-state index in [1.807, 2.05) is 23.1 Å². The van der Waals surface area contributed by atoms with Gasteiger partial charge in [-0.1, -0.05) is 11.6 Å². The number of H-pyrrole nitrogens is 1. The minimum atomic E-state index is -0.255. The Kier molecular flexibility index (Phi) is 4.63. The minimum absolute atomic E-state index is 0.0389. The molecular weight excluding hydrogens is 354 g/mol. The lowest BCUT2D eigenvalue weighted by molar-refractivity contribution is -0.136. The molecule has 138 valence electrons. The molecule has 3 heterocycles. The molecule has 7 heteroatoms. The van der Waals surface area contributed by atoms with Crippen molar-refractivity contribution in [3.8, 4) is 0 Å². The molecule has 1 unspecified atom stereocenters. The maximum Gasteiger partial charge on any atom is 0.228 e. The van der Waals surface area contributed by atoms with E-state index < -0.39 is 0 Å². The minimum Gasteiger partial charge on any atom is -0.383 e. The van der Waals surface area contributed by atoms with Crippen molar-refractivity contribution in [3.63, 3.8) is 0 Å². The largest absolute Gasteiger partial charge is 0.383 e. The quantitative estimate of drug-likeness (QED) is 0.890. The average molecular weight is 376 g/mol. The molecule has 1 atom stereocenters. The smallest absolute Gasteiger partial charge is 0.228 e. The summed E-state index contributed by atoms with van der Waals surface area (Å²) in [4.78, 5) is 32.2. The second-order valence-corrected chi connectivity index (χ2v) is 7.45. The molecule has 0 aliphatic carbocycles. The maximum absolute atomic E-state index is 13.0. The lowest BCUT2D eigenvalue weighted by Gasteiger charge is -2.29. The maximum atomic E-state index is 13.0. The van der Waals surface area contributed by atoms with Gasteiger partial charge in [-0.15, -0.1) is 0 Å². The number of ether oxygens (including phenoxy) is 1. The number of amides is 2. The molecule has 6 nitrogen and oxygen atoms in total. The number of rotatable bonds is 4. The Hall–Kier alpha value is -2.05. The Labute approximate surface area is 157 Å². The third-order valence-electron chi connectivity index (χ3n) is 5.38. The van der Waals surface area contributed by atoms with Crippen molar-refractivity contribution >= 4 is 34.3 Å². The number of hydrogen-bond acceptors (Lipinski definition) is 3. The first kappa shape index (κ1) is 17.4. The van der Waals surface area contributed by atoms with E-state index in [0.717, 1.165) is 22.9 Å². The summed E-state index contributed by atoms with van der Waals surface area (Å²) in [6.07, 6.45) is 1.09. The summed E-state index contributed by atoms with van der Waals surface area (Å²) in [6, 6.07) is 5.80. The molecule has 2 amide bonds. The van der Waals surface area contributed by atoms with E-state index in [1.165, 1.54) is 5.69 Å². The van der Waals surface area contributed by atoms with Crippen LogP contribution in [-0.2, 0) is 27.3 Å². The molecule has 0 spiro atoms. The number of nitrogens with zero attached hydrogens (tertiary/aromatic N) is 2. The summed E-state index contributed by atoms with van der Waals surface area (Å²) >= 11 is 6.15. The van der Waals surface area contributed by atoms with Crippen LogP contribution in [0.5, 0.6) is 0 Å². The van der Waals surface area contributed by atoms with E-state index in [9.17, 15) is 9.59 Å². The van der Waals surface area contributed by atoms with Crippen LogP contribution in [0.25, 0.3) is 10.9 Å². The normalized spacial score (nSPS) is 20.1. The third-order valence-corrected chi connectivity index (χ3v) is 5.61. The van der Waals surface area contributed by atoms with Gasteiger partial charge in [-0.25, -0.2) is 0 Å². The zero-order valence-electron chi connectivity index (χ0n) is 14.8. The molecule has 1 aromatic heterocycles. The van der Waals surface area contributed by atoms with Gasteiger partial charge in [0.15, 0.2) is 0 Å². The zero-order chi connectivity index (χ0) is 18.3. The number of likely N-dealkylation sites (tertiary alicyclic amines) is 1. The standard InChI is InChI=1S/C19H22ClN3O3/c1-26-7-6-22-10-12(8-18(22)24)19(25)23-5-4-17-15(11-23)14-9-13(20)2-3-16(14)21-17/h2-3,9,12,21H,4-8,10-11H2,1H3. The van der Waals surface area contributed by atoms with E-state index in [1.54, 1.807) is 12.0 Å². The summed E-state index contributed by atoms with van der Waals surface area (Å²) in [5.41, 5.74) is 3.37. The summed E-state index contributed by atoms with van der Waals surface area (Å²) in [5, 5.41) is 1.77. The van der Waals surface area contributed by atoms with E-state index in [2.05, 4.69) is 4.98 Å². The van der Waals surface area contributed by atoms with Gasteiger partial charge < -0.3 is 19.5 Å². The molecule has 1 aromatic carbocycles. The first-order valence-corrected chi connectivity index (χ1v) is 9.29. The number of fused-ring (bicyclic) bond motifs is 3. The number of methoxy groups -OCH3 is 1. The first-order chi connectivity index (χ1) is 12.6. The van der Waals surface area contributed by atoms with Gasteiger partial charge in [0.1, 0.15) is 0 Å². The second-order valence-electron chi connectivity index (χ2n) is 7.02. The average Bonchev–Trinajstić information content (AvgIpc) is 3.19.